The molecule has 4 unspecified atom stereocenters. The van der Waals surface area contributed by atoms with Crippen LogP contribution in [0.3, 0.4) is 0 Å². The average Bonchev–Trinajstić information content (AvgIpc) is 2.63. The second-order valence-electron chi connectivity index (χ2n) is 6.25. The first-order chi connectivity index (χ1) is 12.8. The molecule has 0 fully saturated rings. The van der Waals surface area contributed by atoms with Crippen LogP contribution in [-0.2, 0) is 4.74 Å². The van der Waals surface area contributed by atoms with Gasteiger partial charge in [-0.15, -0.1) is 0 Å². The Kier molecular flexibility index (Phi) is 6.83. The lowest BCUT2D eigenvalue weighted by molar-refractivity contribution is -0.137. The van der Waals surface area contributed by atoms with E-state index in [1.165, 1.54) is 12.1 Å². The third-order valence-corrected chi connectivity index (χ3v) is 4.20. The molecule has 2 aromatic carbocycles. The molecule has 0 bridgehead atoms. The van der Waals surface area contributed by atoms with Gasteiger partial charge in [-0.05, 0) is 24.3 Å². The lowest BCUT2D eigenvalue weighted by Crippen LogP contribution is -2.32. The van der Waals surface area contributed by atoms with Crippen molar-refractivity contribution in [3.05, 3.63) is 47.5 Å². The van der Waals surface area contributed by atoms with Crippen LogP contribution < -0.4 is 22.9 Å². The summed E-state index contributed by atoms with van der Waals surface area (Å²) < 4.78 is 5.91. The first-order valence-corrected chi connectivity index (χ1v) is 8.31. The van der Waals surface area contributed by atoms with Crippen LogP contribution in [0.1, 0.15) is 23.3 Å². The SMILES string of the molecule is Nc1ccc(C(OC(c2ccc(N)cc2N)C(O)CO)C(O)CO)c(N)c1. The van der Waals surface area contributed by atoms with Crippen molar-refractivity contribution in [3.63, 3.8) is 0 Å². The molecule has 0 saturated heterocycles. The average molecular weight is 378 g/mol. The summed E-state index contributed by atoms with van der Waals surface area (Å²) in [6.45, 7) is -1.23. The minimum absolute atomic E-state index is 0.245. The van der Waals surface area contributed by atoms with E-state index in [4.69, 9.17) is 27.7 Å². The van der Waals surface area contributed by atoms with Crippen LogP contribution in [0.4, 0.5) is 22.7 Å². The maximum Gasteiger partial charge on any atom is 0.114 e. The van der Waals surface area contributed by atoms with E-state index in [1.807, 2.05) is 0 Å². The maximum atomic E-state index is 10.3. The molecule has 148 valence electrons. The quantitative estimate of drug-likeness (QED) is 0.280. The van der Waals surface area contributed by atoms with E-state index in [9.17, 15) is 20.4 Å². The highest BCUT2D eigenvalue weighted by Gasteiger charge is 2.32. The Hall–Kier alpha value is -2.56. The van der Waals surface area contributed by atoms with E-state index >= 15 is 0 Å². The van der Waals surface area contributed by atoms with E-state index in [2.05, 4.69) is 0 Å². The maximum absolute atomic E-state index is 10.3. The predicted molar refractivity (Wildman–Crippen MR) is 103 cm³/mol. The highest BCUT2D eigenvalue weighted by Crippen LogP contribution is 2.36. The van der Waals surface area contributed by atoms with Gasteiger partial charge in [0.15, 0.2) is 0 Å². The zero-order valence-corrected chi connectivity index (χ0v) is 14.7. The highest BCUT2D eigenvalue weighted by atomic mass is 16.5. The van der Waals surface area contributed by atoms with Crippen LogP contribution in [0, 0.1) is 0 Å². The van der Waals surface area contributed by atoms with Crippen molar-refractivity contribution in [2.45, 2.75) is 24.4 Å². The summed E-state index contributed by atoms with van der Waals surface area (Å²) in [4.78, 5) is 0. The first kappa shape index (κ1) is 20.7. The molecule has 2 rings (SSSR count). The summed E-state index contributed by atoms with van der Waals surface area (Å²) in [7, 11) is 0. The van der Waals surface area contributed by atoms with Gasteiger partial charge >= 0.3 is 0 Å². The van der Waals surface area contributed by atoms with E-state index < -0.39 is 37.6 Å². The fourth-order valence-corrected chi connectivity index (χ4v) is 2.80. The molecule has 9 nitrogen and oxygen atoms in total. The Labute approximate surface area is 156 Å². The number of rotatable bonds is 8. The summed E-state index contributed by atoms with van der Waals surface area (Å²) in [6, 6.07) is 9.24. The molecular formula is C18H26N4O5. The topological polar surface area (TPSA) is 194 Å². The third kappa shape index (κ3) is 4.79. The van der Waals surface area contributed by atoms with Gasteiger partial charge in [0.25, 0.3) is 0 Å². The van der Waals surface area contributed by atoms with Crippen LogP contribution >= 0.6 is 0 Å². The minimum Gasteiger partial charge on any atom is -0.399 e. The number of nitrogens with two attached hydrogens (primary N) is 4. The Balaban J connectivity index is 2.47. The van der Waals surface area contributed by atoms with E-state index in [0.29, 0.717) is 22.5 Å². The van der Waals surface area contributed by atoms with Gasteiger partial charge in [0.2, 0.25) is 0 Å². The number of ether oxygens (including phenoxy) is 1. The fraction of sp³-hybridized carbons (Fsp3) is 0.333. The molecule has 0 aromatic heterocycles. The summed E-state index contributed by atoms with van der Waals surface area (Å²) in [5, 5.41) is 39.4. The molecule has 12 N–H and O–H groups in total. The minimum atomic E-state index is -1.35. The van der Waals surface area contributed by atoms with Crippen molar-refractivity contribution in [1.29, 1.82) is 0 Å². The third-order valence-electron chi connectivity index (χ3n) is 4.20. The second kappa shape index (κ2) is 8.89. The van der Waals surface area contributed by atoms with Gasteiger partial charge in [-0.3, -0.25) is 0 Å². The summed E-state index contributed by atoms with van der Waals surface area (Å²) in [5.74, 6) is 0. The van der Waals surface area contributed by atoms with Crippen molar-refractivity contribution >= 4 is 22.7 Å². The van der Waals surface area contributed by atoms with Crippen molar-refractivity contribution in [2.24, 2.45) is 0 Å². The van der Waals surface area contributed by atoms with E-state index in [-0.39, 0.29) is 11.4 Å². The number of hydrogen-bond acceptors (Lipinski definition) is 9. The number of aliphatic hydroxyl groups is 4. The lowest BCUT2D eigenvalue weighted by atomic mass is 9.98. The molecule has 27 heavy (non-hydrogen) atoms. The standard InChI is InChI=1S/C18H26N4O5/c19-9-1-3-11(13(21)5-9)17(15(25)7-23)27-18(16(26)8-24)12-4-2-10(20)6-14(12)22/h1-6,15-18,23-26H,7-8,19-22H2. The smallest absolute Gasteiger partial charge is 0.114 e. The van der Waals surface area contributed by atoms with Gasteiger partial charge in [0.1, 0.15) is 24.4 Å². The van der Waals surface area contributed by atoms with Crippen molar-refractivity contribution < 1.29 is 25.2 Å². The van der Waals surface area contributed by atoms with Crippen LogP contribution in [0.5, 0.6) is 0 Å². The first-order valence-electron chi connectivity index (χ1n) is 8.31. The number of nitrogen functional groups attached to an aromatic ring is 4. The zero-order chi connectivity index (χ0) is 20.1. The number of benzene rings is 2. The Morgan fingerprint density at radius 1 is 0.704 bits per heavy atom. The molecule has 0 aliphatic carbocycles. The van der Waals surface area contributed by atoms with Crippen molar-refractivity contribution in [1.82, 2.24) is 0 Å². The Morgan fingerprint density at radius 2 is 1.07 bits per heavy atom. The van der Waals surface area contributed by atoms with Gasteiger partial charge in [0, 0.05) is 33.9 Å². The van der Waals surface area contributed by atoms with Gasteiger partial charge in [-0.1, -0.05) is 12.1 Å². The largest absolute Gasteiger partial charge is 0.399 e. The van der Waals surface area contributed by atoms with Crippen LogP contribution in [0.15, 0.2) is 36.4 Å². The van der Waals surface area contributed by atoms with Crippen LogP contribution in [0.2, 0.25) is 0 Å². The molecule has 0 spiro atoms. The summed E-state index contributed by atoms with van der Waals surface area (Å²) in [5.41, 5.74) is 25.4. The summed E-state index contributed by atoms with van der Waals surface area (Å²) >= 11 is 0. The number of hydrogen-bond donors (Lipinski definition) is 8. The van der Waals surface area contributed by atoms with E-state index in [0.717, 1.165) is 0 Å². The molecule has 4 atom stereocenters. The monoisotopic (exact) mass is 378 g/mol. The molecule has 0 radical (unpaired) electrons. The Morgan fingerprint density at radius 3 is 1.37 bits per heavy atom. The van der Waals surface area contributed by atoms with Gasteiger partial charge in [-0.25, -0.2) is 0 Å². The zero-order valence-electron chi connectivity index (χ0n) is 14.7. The van der Waals surface area contributed by atoms with Gasteiger partial charge < -0.3 is 48.1 Å². The lowest BCUT2D eigenvalue weighted by Gasteiger charge is -2.31. The predicted octanol–water partition coefficient (Wildman–Crippen LogP) is -0.479. The van der Waals surface area contributed by atoms with Crippen molar-refractivity contribution in [3.8, 4) is 0 Å². The molecule has 0 heterocycles. The van der Waals surface area contributed by atoms with Crippen LogP contribution in [0.25, 0.3) is 0 Å². The number of anilines is 4. The molecular weight excluding hydrogens is 352 g/mol. The van der Waals surface area contributed by atoms with Crippen molar-refractivity contribution in [2.75, 3.05) is 36.1 Å². The molecule has 0 aliphatic heterocycles. The summed E-state index contributed by atoms with van der Waals surface area (Å²) in [6.07, 6.45) is -4.92. The molecule has 0 saturated carbocycles. The fourth-order valence-electron chi connectivity index (χ4n) is 2.80. The van der Waals surface area contributed by atoms with Crippen LogP contribution in [-0.4, -0.2) is 45.8 Å². The molecule has 9 heteroatoms. The second-order valence-corrected chi connectivity index (χ2v) is 6.25. The number of aliphatic hydroxyl groups excluding tert-OH is 4. The molecule has 0 amide bonds. The van der Waals surface area contributed by atoms with Gasteiger partial charge in [-0.2, -0.15) is 0 Å². The van der Waals surface area contributed by atoms with E-state index in [1.54, 1.807) is 24.3 Å². The molecule has 0 aliphatic rings. The normalized spacial score (nSPS) is 15.9. The highest BCUT2D eigenvalue weighted by molar-refractivity contribution is 5.59. The van der Waals surface area contributed by atoms with Gasteiger partial charge in [0.05, 0.1) is 13.2 Å². The molecule has 2 aromatic rings. The Bertz CT molecular complexity index is 710.